The third-order valence-corrected chi connectivity index (χ3v) is 5.61. The van der Waals surface area contributed by atoms with Crippen LogP contribution in [0.5, 0.6) is 5.88 Å². The minimum Gasteiger partial charge on any atom is -0.475 e. The molecule has 1 fully saturated rings. The summed E-state index contributed by atoms with van der Waals surface area (Å²) in [5.74, 6) is 0.763. The van der Waals surface area contributed by atoms with E-state index in [4.69, 9.17) is 27.9 Å². The molecule has 0 atom stereocenters. The molecule has 0 N–H and O–H groups in total. The number of carbonyl (C=O) groups is 1. The monoisotopic (exact) mass is 459 g/mol. The number of anilines is 2. The molecule has 0 unspecified atom stereocenters. The Labute approximate surface area is 191 Å². The van der Waals surface area contributed by atoms with Crippen molar-refractivity contribution in [3.05, 3.63) is 52.5 Å². The van der Waals surface area contributed by atoms with Gasteiger partial charge in [0, 0.05) is 49.0 Å². The van der Waals surface area contributed by atoms with Crippen LogP contribution in [0.3, 0.4) is 0 Å². The fourth-order valence-electron chi connectivity index (χ4n) is 3.61. The van der Waals surface area contributed by atoms with Gasteiger partial charge in [-0.3, -0.25) is 4.90 Å². The van der Waals surface area contributed by atoms with Crippen molar-refractivity contribution in [2.75, 3.05) is 49.6 Å². The minimum atomic E-state index is -0.144. The molecule has 2 aromatic carbocycles. The molecule has 1 saturated heterocycles. The second-order valence-electron chi connectivity index (χ2n) is 7.22. The van der Waals surface area contributed by atoms with E-state index < -0.39 is 0 Å². The van der Waals surface area contributed by atoms with Crippen molar-refractivity contribution in [1.29, 1.82) is 0 Å². The second-order valence-corrected chi connectivity index (χ2v) is 8.09. The van der Waals surface area contributed by atoms with Crippen LogP contribution in [0.4, 0.5) is 16.3 Å². The average molecular weight is 460 g/mol. The summed E-state index contributed by atoms with van der Waals surface area (Å²) in [7, 11) is 1.70. The largest absolute Gasteiger partial charge is 0.475 e. The zero-order chi connectivity index (χ0) is 22.0. The summed E-state index contributed by atoms with van der Waals surface area (Å²) in [5.41, 5.74) is 2.39. The van der Waals surface area contributed by atoms with E-state index in [1.165, 1.54) is 4.90 Å². The van der Waals surface area contributed by atoms with E-state index in [1.54, 1.807) is 18.0 Å². The number of urea groups is 1. The van der Waals surface area contributed by atoms with E-state index in [9.17, 15) is 4.79 Å². The minimum absolute atomic E-state index is 0.144. The van der Waals surface area contributed by atoms with Gasteiger partial charge in [-0.1, -0.05) is 35.3 Å². The van der Waals surface area contributed by atoms with Crippen LogP contribution < -0.4 is 14.5 Å². The molecule has 2 amide bonds. The Kier molecular flexibility index (Phi) is 6.34. The summed E-state index contributed by atoms with van der Waals surface area (Å²) < 4.78 is 5.68. The number of rotatable bonds is 4. The maximum Gasteiger partial charge on any atom is 0.325 e. The first-order chi connectivity index (χ1) is 15.0. The van der Waals surface area contributed by atoms with Crippen LogP contribution in [0, 0.1) is 0 Å². The third-order valence-electron chi connectivity index (χ3n) is 5.17. The molecule has 0 aliphatic carbocycles. The lowest BCUT2D eigenvalue weighted by Gasteiger charge is -2.37. The van der Waals surface area contributed by atoms with Crippen LogP contribution in [0.2, 0.25) is 10.0 Å². The van der Waals surface area contributed by atoms with Gasteiger partial charge in [0.2, 0.25) is 5.82 Å². The molecule has 9 heteroatoms. The van der Waals surface area contributed by atoms with Crippen LogP contribution in [0.15, 0.2) is 42.5 Å². The predicted molar refractivity (Wildman–Crippen MR) is 125 cm³/mol. The number of carbonyl (C=O) groups excluding carboxylic acids is 1. The molecule has 7 nitrogen and oxygen atoms in total. The Hall–Kier alpha value is -2.77. The van der Waals surface area contributed by atoms with E-state index in [2.05, 4.69) is 14.9 Å². The average Bonchev–Trinajstić information content (AvgIpc) is 2.77. The van der Waals surface area contributed by atoms with Crippen molar-refractivity contribution >= 4 is 51.8 Å². The van der Waals surface area contributed by atoms with Crippen LogP contribution in [0.1, 0.15) is 6.92 Å². The van der Waals surface area contributed by atoms with Gasteiger partial charge in [-0.25, -0.2) is 14.8 Å². The smallest absolute Gasteiger partial charge is 0.325 e. The molecule has 3 aromatic rings. The highest BCUT2D eigenvalue weighted by molar-refractivity contribution is 6.35. The Morgan fingerprint density at radius 3 is 2.26 bits per heavy atom. The van der Waals surface area contributed by atoms with E-state index in [0.29, 0.717) is 60.0 Å². The van der Waals surface area contributed by atoms with E-state index in [-0.39, 0.29) is 6.03 Å². The Balaban J connectivity index is 1.50. The number of nitrogens with zero attached hydrogens (tertiary/aromatic N) is 5. The van der Waals surface area contributed by atoms with Gasteiger partial charge in [0.05, 0.1) is 17.6 Å². The van der Waals surface area contributed by atoms with Gasteiger partial charge in [-0.05, 0) is 37.3 Å². The highest BCUT2D eigenvalue weighted by atomic mass is 35.5. The third kappa shape index (κ3) is 4.62. The molecule has 2 heterocycles. The molecule has 31 heavy (non-hydrogen) atoms. The number of hydrogen-bond donors (Lipinski definition) is 0. The second kappa shape index (κ2) is 9.16. The number of aromatic nitrogens is 2. The number of amides is 2. The summed E-state index contributed by atoms with van der Waals surface area (Å²) in [4.78, 5) is 27.9. The van der Waals surface area contributed by atoms with E-state index in [1.807, 2.05) is 43.3 Å². The van der Waals surface area contributed by atoms with Crippen molar-refractivity contribution in [1.82, 2.24) is 14.9 Å². The Bertz CT molecular complexity index is 1080. The number of benzene rings is 2. The molecule has 0 spiro atoms. The topological polar surface area (TPSA) is 61.8 Å². The highest BCUT2D eigenvalue weighted by Crippen LogP contribution is 2.29. The molecular formula is C22H23Cl2N5O2. The van der Waals surface area contributed by atoms with Crippen LogP contribution >= 0.6 is 23.2 Å². The lowest BCUT2D eigenvalue weighted by Crippen LogP contribution is -2.52. The number of piperazine rings is 1. The zero-order valence-electron chi connectivity index (χ0n) is 17.4. The fourth-order valence-corrected chi connectivity index (χ4v) is 4.12. The predicted octanol–water partition coefficient (Wildman–Crippen LogP) is 4.71. The van der Waals surface area contributed by atoms with Gasteiger partial charge in [0.15, 0.2) is 0 Å². The Morgan fingerprint density at radius 1 is 1.03 bits per heavy atom. The number of para-hydroxylation sites is 2. The van der Waals surface area contributed by atoms with E-state index >= 15 is 0 Å². The van der Waals surface area contributed by atoms with Crippen LogP contribution in [-0.4, -0.2) is 60.7 Å². The maximum atomic E-state index is 13.2. The summed E-state index contributed by atoms with van der Waals surface area (Å²) in [6, 6.07) is 12.9. The lowest BCUT2D eigenvalue weighted by atomic mass is 10.2. The number of hydrogen-bond acceptors (Lipinski definition) is 5. The van der Waals surface area contributed by atoms with Crippen LogP contribution in [-0.2, 0) is 0 Å². The van der Waals surface area contributed by atoms with Crippen LogP contribution in [0.25, 0.3) is 11.0 Å². The summed E-state index contributed by atoms with van der Waals surface area (Å²) in [5, 5.41) is 1.19. The molecule has 0 saturated carbocycles. The van der Waals surface area contributed by atoms with Crippen molar-refractivity contribution < 1.29 is 9.53 Å². The van der Waals surface area contributed by atoms with Gasteiger partial charge < -0.3 is 14.5 Å². The molecule has 0 bridgehead atoms. The van der Waals surface area contributed by atoms with E-state index in [0.717, 1.165) is 11.2 Å². The molecule has 1 aliphatic heterocycles. The van der Waals surface area contributed by atoms with Gasteiger partial charge in [0.25, 0.3) is 5.88 Å². The summed E-state index contributed by atoms with van der Waals surface area (Å²) in [6.45, 7) is 4.80. The fraction of sp³-hybridized carbons (Fsp3) is 0.318. The standard InChI is InChI=1S/C22H23Cl2N5O2/c1-3-31-21-20(25-18-6-4-5-7-19(18)26-21)27(2)22(30)29-10-8-28(9-11-29)17-13-15(23)12-16(24)14-17/h4-7,12-14H,3,8-11H2,1-2H3. The molecule has 0 radical (unpaired) electrons. The van der Waals surface area contributed by atoms with Gasteiger partial charge in [-0.15, -0.1) is 0 Å². The lowest BCUT2D eigenvalue weighted by molar-refractivity contribution is 0.202. The summed E-state index contributed by atoms with van der Waals surface area (Å²) >= 11 is 12.3. The first-order valence-electron chi connectivity index (χ1n) is 10.1. The number of ether oxygens (including phenoxy) is 1. The van der Waals surface area contributed by atoms with Gasteiger partial charge in [-0.2, -0.15) is 0 Å². The molecule has 1 aliphatic rings. The van der Waals surface area contributed by atoms with Gasteiger partial charge in [0.1, 0.15) is 0 Å². The molecule has 4 rings (SSSR count). The molecule has 1 aromatic heterocycles. The van der Waals surface area contributed by atoms with Crippen molar-refractivity contribution in [3.8, 4) is 5.88 Å². The first-order valence-corrected chi connectivity index (χ1v) is 10.8. The Morgan fingerprint density at radius 2 is 1.65 bits per heavy atom. The molecular weight excluding hydrogens is 437 g/mol. The van der Waals surface area contributed by atoms with Crippen molar-refractivity contribution in [3.63, 3.8) is 0 Å². The maximum absolute atomic E-state index is 13.2. The number of fused-ring (bicyclic) bond motifs is 1. The molecule has 162 valence electrons. The normalized spacial score (nSPS) is 14.1. The highest BCUT2D eigenvalue weighted by Gasteiger charge is 2.27. The SMILES string of the molecule is CCOc1nc2ccccc2nc1N(C)C(=O)N1CCN(c2cc(Cl)cc(Cl)c2)CC1. The van der Waals surface area contributed by atoms with Crippen molar-refractivity contribution in [2.45, 2.75) is 6.92 Å². The van der Waals surface area contributed by atoms with Crippen molar-refractivity contribution in [2.24, 2.45) is 0 Å². The first kappa shape index (κ1) is 21.5. The van der Waals surface area contributed by atoms with Gasteiger partial charge >= 0.3 is 6.03 Å². The summed E-state index contributed by atoms with van der Waals surface area (Å²) in [6.07, 6.45) is 0. The zero-order valence-corrected chi connectivity index (χ0v) is 18.9. The number of halogens is 2. The quantitative estimate of drug-likeness (QED) is 0.564.